The Bertz CT molecular complexity index is 897. The molecule has 0 aliphatic carbocycles. The second kappa shape index (κ2) is 7.72. The highest BCUT2D eigenvalue weighted by molar-refractivity contribution is 9.10. The van der Waals surface area contributed by atoms with Crippen molar-refractivity contribution < 1.29 is 9.53 Å². The molecular formula is C21H22BrN3O2. The van der Waals surface area contributed by atoms with Crippen LogP contribution in [0.2, 0.25) is 0 Å². The minimum Gasteiger partial charge on any atom is -0.481 e. The number of imidazole rings is 1. The minimum atomic E-state index is -0.492. The topological polar surface area (TPSA) is 58.2 Å². The zero-order valence-corrected chi connectivity index (χ0v) is 16.8. The molecular weight excluding hydrogens is 406 g/mol. The number of carbonyl (C=O) groups excluding carboxylic acids is 1. The van der Waals surface area contributed by atoms with Crippen molar-refractivity contribution in [2.45, 2.75) is 31.8 Å². The van der Waals surface area contributed by atoms with Crippen molar-refractivity contribution >= 4 is 32.9 Å². The molecule has 1 aliphatic heterocycles. The number of hydrogen-bond acceptors (Lipinski definition) is 3. The Hall–Kier alpha value is -2.34. The van der Waals surface area contributed by atoms with Crippen LogP contribution < -0.4 is 4.74 Å². The SMILES string of the molecule is CC(Oc1ccc(Br)cc1)C(=O)N1CCC(c2nc3ccccc3[nH]2)CC1. The molecule has 4 rings (SSSR count). The number of rotatable bonds is 4. The first-order valence-electron chi connectivity index (χ1n) is 9.26. The summed E-state index contributed by atoms with van der Waals surface area (Å²) in [6.45, 7) is 3.28. The number of para-hydroxylation sites is 2. The van der Waals surface area contributed by atoms with Gasteiger partial charge in [-0.3, -0.25) is 4.79 Å². The van der Waals surface area contributed by atoms with E-state index in [-0.39, 0.29) is 5.91 Å². The molecule has 3 aromatic rings. The molecule has 27 heavy (non-hydrogen) atoms. The number of aromatic amines is 1. The van der Waals surface area contributed by atoms with E-state index in [4.69, 9.17) is 9.72 Å². The van der Waals surface area contributed by atoms with Crippen LogP contribution in [0.5, 0.6) is 5.75 Å². The third-order valence-electron chi connectivity index (χ3n) is 5.08. The number of fused-ring (bicyclic) bond motifs is 1. The number of amides is 1. The Kier molecular flexibility index (Phi) is 5.16. The highest BCUT2D eigenvalue weighted by atomic mass is 79.9. The molecule has 1 N–H and O–H groups in total. The molecule has 1 fully saturated rings. The van der Waals surface area contributed by atoms with Gasteiger partial charge in [-0.2, -0.15) is 0 Å². The molecule has 0 saturated carbocycles. The van der Waals surface area contributed by atoms with Crippen molar-refractivity contribution in [2.24, 2.45) is 0 Å². The van der Waals surface area contributed by atoms with Crippen LogP contribution in [0, 0.1) is 0 Å². The molecule has 1 aliphatic rings. The number of nitrogens with one attached hydrogen (secondary N) is 1. The third kappa shape index (κ3) is 4.00. The third-order valence-corrected chi connectivity index (χ3v) is 5.60. The predicted octanol–water partition coefficient (Wildman–Crippen LogP) is 4.50. The van der Waals surface area contributed by atoms with E-state index in [9.17, 15) is 4.79 Å². The Labute approximate surface area is 166 Å². The fourth-order valence-corrected chi connectivity index (χ4v) is 3.83. The van der Waals surface area contributed by atoms with E-state index in [1.54, 1.807) is 0 Å². The Morgan fingerprint density at radius 2 is 1.89 bits per heavy atom. The molecule has 2 aromatic carbocycles. The average Bonchev–Trinajstić information content (AvgIpc) is 3.13. The minimum absolute atomic E-state index is 0.0426. The zero-order chi connectivity index (χ0) is 18.8. The van der Waals surface area contributed by atoms with Gasteiger partial charge in [-0.15, -0.1) is 0 Å². The maximum atomic E-state index is 12.7. The maximum Gasteiger partial charge on any atom is 0.263 e. The first kappa shape index (κ1) is 18.0. The Morgan fingerprint density at radius 3 is 2.59 bits per heavy atom. The van der Waals surface area contributed by atoms with Crippen LogP contribution in [0.15, 0.2) is 53.0 Å². The standard InChI is InChI=1S/C21H22BrN3O2/c1-14(27-17-8-6-16(22)7-9-17)21(26)25-12-10-15(11-13-25)20-23-18-4-2-3-5-19(18)24-20/h2-9,14-15H,10-13H2,1H3,(H,23,24). The van der Waals surface area contributed by atoms with Crippen LogP contribution in [-0.2, 0) is 4.79 Å². The van der Waals surface area contributed by atoms with Gasteiger partial charge in [0.1, 0.15) is 11.6 Å². The first-order valence-corrected chi connectivity index (χ1v) is 10.0. The monoisotopic (exact) mass is 427 g/mol. The van der Waals surface area contributed by atoms with Gasteiger partial charge in [0.25, 0.3) is 5.91 Å². The number of likely N-dealkylation sites (tertiary alicyclic amines) is 1. The van der Waals surface area contributed by atoms with E-state index in [0.29, 0.717) is 11.7 Å². The summed E-state index contributed by atoms with van der Waals surface area (Å²) in [5.41, 5.74) is 2.07. The van der Waals surface area contributed by atoms with Gasteiger partial charge in [-0.1, -0.05) is 28.1 Å². The van der Waals surface area contributed by atoms with Gasteiger partial charge < -0.3 is 14.6 Å². The largest absolute Gasteiger partial charge is 0.481 e. The van der Waals surface area contributed by atoms with Gasteiger partial charge in [0.05, 0.1) is 11.0 Å². The number of aromatic nitrogens is 2. The lowest BCUT2D eigenvalue weighted by Crippen LogP contribution is -2.44. The number of H-pyrrole nitrogens is 1. The summed E-state index contributed by atoms with van der Waals surface area (Å²) in [5.74, 6) is 2.14. The van der Waals surface area contributed by atoms with Crippen molar-refractivity contribution in [1.82, 2.24) is 14.9 Å². The number of nitrogens with zero attached hydrogens (tertiary/aromatic N) is 2. The lowest BCUT2D eigenvalue weighted by Gasteiger charge is -2.32. The van der Waals surface area contributed by atoms with Crippen LogP contribution in [0.3, 0.4) is 0 Å². The van der Waals surface area contributed by atoms with Crippen molar-refractivity contribution in [1.29, 1.82) is 0 Å². The summed E-state index contributed by atoms with van der Waals surface area (Å²) < 4.78 is 6.79. The van der Waals surface area contributed by atoms with Crippen LogP contribution in [0.4, 0.5) is 0 Å². The van der Waals surface area contributed by atoms with Crippen LogP contribution in [0.25, 0.3) is 11.0 Å². The van der Waals surface area contributed by atoms with Crippen molar-refractivity contribution in [2.75, 3.05) is 13.1 Å². The molecule has 1 saturated heterocycles. The fraction of sp³-hybridized carbons (Fsp3) is 0.333. The smallest absolute Gasteiger partial charge is 0.263 e. The van der Waals surface area contributed by atoms with E-state index < -0.39 is 6.10 Å². The molecule has 0 radical (unpaired) electrons. The Morgan fingerprint density at radius 1 is 1.19 bits per heavy atom. The molecule has 140 valence electrons. The number of halogens is 1. The van der Waals surface area contributed by atoms with Crippen molar-refractivity contribution in [3.05, 3.63) is 58.8 Å². The summed E-state index contributed by atoms with van der Waals surface area (Å²) in [6, 6.07) is 15.6. The van der Waals surface area contributed by atoms with Gasteiger partial charge in [0, 0.05) is 23.5 Å². The molecule has 0 spiro atoms. The van der Waals surface area contributed by atoms with Gasteiger partial charge in [0.2, 0.25) is 0 Å². The molecule has 6 heteroatoms. The molecule has 1 atom stereocenters. The quantitative estimate of drug-likeness (QED) is 0.666. The first-order chi connectivity index (χ1) is 13.1. The highest BCUT2D eigenvalue weighted by Crippen LogP contribution is 2.28. The maximum absolute atomic E-state index is 12.7. The number of benzene rings is 2. The van der Waals surface area contributed by atoms with E-state index in [0.717, 1.165) is 47.3 Å². The average molecular weight is 428 g/mol. The molecule has 1 unspecified atom stereocenters. The summed E-state index contributed by atoms with van der Waals surface area (Å²) in [4.78, 5) is 22.8. The van der Waals surface area contributed by atoms with Crippen LogP contribution in [0.1, 0.15) is 31.5 Å². The van der Waals surface area contributed by atoms with Crippen molar-refractivity contribution in [3.63, 3.8) is 0 Å². The summed E-state index contributed by atoms with van der Waals surface area (Å²) >= 11 is 3.40. The molecule has 2 heterocycles. The van der Waals surface area contributed by atoms with Crippen LogP contribution >= 0.6 is 15.9 Å². The zero-order valence-electron chi connectivity index (χ0n) is 15.2. The number of piperidine rings is 1. The summed E-state index contributed by atoms with van der Waals surface area (Å²) in [5, 5.41) is 0. The molecule has 1 aromatic heterocycles. The van der Waals surface area contributed by atoms with Gasteiger partial charge in [-0.25, -0.2) is 4.98 Å². The second-order valence-corrected chi connectivity index (χ2v) is 7.87. The van der Waals surface area contributed by atoms with Crippen LogP contribution in [-0.4, -0.2) is 40.0 Å². The van der Waals surface area contributed by atoms with E-state index >= 15 is 0 Å². The Balaban J connectivity index is 1.35. The van der Waals surface area contributed by atoms with Gasteiger partial charge in [0.15, 0.2) is 6.10 Å². The number of ether oxygens (including phenoxy) is 1. The lowest BCUT2D eigenvalue weighted by molar-refractivity contribution is -0.139. The highest BCUT2D eigenvalue weighted by Gasteiger charge is 2.28. The lowest BCUT2D eigenvalue weighted by atomic mass is 9.96. The summed E-state index contributed by atoms with van der Waals surface area (Å²) in [6.07, 6.45) is 1.33. The predicted molar refractivity (Wildman–Crippen MR) is 109 cm³/mol. The molecule has 5 nitrogen and oxygen atoms in total. The normalized spacial score (nSPS) is 16.4. The van der Waals surface area contributed by atoms with Gasteiger partial charge in [-0.05, 0) is 56.2 Å². The summed E-state index contributed by atoms with van der Waals surface area (Å²) in [7, 11) is 0. The second-order valence-electron chi connectivity index (χ2n) is 6.95. The van der Waals surface area contributed by atoms with Crippen molar-refractivity contribution in [3.8, 4) is 5.75 Å². The number of hydrogen-bond donors (Lipinski definition) is 1. The fourth-order valence-electron chi connectivity index (χ4n) is 3.56. The molecule has 1 amide bonds. The van der Waals surface area contributed by atoms with E-state index in [2.05, 4.69) is 20.9 Å². The van der Waals surface area contributed by atoms with Gasteiger partial charge >= 0.3 is 0 Å². The molecule has 0 bridgehead atoms. The van der Waals surface area contributed by atoms with E-state index in [1.807, 2.05) is 60.4 Å². The number of carbonyl (C=O) groups is 1. The van der Waals surface area contributed by atoms with E-state index in [1.165, 1.54) is 0 Å².